The minimum absolute atomic E-state index is 0.422. The van der Waals surface area contributed by atoms with Gasteiger partial charge in [0.05, 0.1) is 32.2 Å². The Morgan fingerprint density at radius 2 is 1.76 bits per heavy atom. The molecule has 0 heterocycles. The SMILES string of the molecule is COc1ccc(OC)c([C@@H](C)NC(=O)[C@H](C)N(c2cccc(C)c2)S(C)(=O)=O)c1. The number of methoxy groups -OCH3 is 2. The molecule has 0 saturated carbocycles. The number of rotatable bonds is 8. The van der Waals surface area contributed by atoms with Crippen molar-refractivity contribution in [2.75, 3.05) is 24.8 Å². The van der Waals surface area contributed by atoms with Crippen molar-refractivity contribution in [1.82, 2.24) is 5.32 Å². The van der Waals surface area contributed by atoms with E-state index in [0.29, 0.717) is 17.2 Å². The van der Waals surface area contributed by atoms with E-state index in [1.54, 1.807) is 64.5 Å². The summed E-state index contributed by atoms with van der Waals surface area (Å²) in [7, 11) is -0.570. The lowest BCUT2D eigenvalue weighted by atomic mass is 10.1. The van der Waals surface area contributed by atoms with E-state index in [9.17, 15) is 13.2 Å². The molecule has 0 unspecified atom stereocenters. The highest BCUT2D eigenvalue weighted by atomic mass is 32.2. The van der Waals surface area contributed by atoms with Crippen molar-refractivity contribution in [2.45, 2.75) is 32.9 Å². The number of hydrogen-bond acceptors (Lipinski definition) is 5. The smallest absolute Gasteiger partial charge is 0.244 e. The highest BCUT2D eigenvalue weighted by Gasteiger charge is 2.30. The molecule has 2 atom stereocenters. The molecule has 1 N–H and O–H groups in total. The molecule has 29 heavy (non-hydrogen) atoms. The Kier molecular flexibility index (Phi) is 7.13. The molecule has 0 aliphatic carbocycles. The van der Waals surface area contributed by atoms with Crippen LogP contribution in [0.3, 0.4) is 0 Å². The van der Waals surface area contributed by atoms with E-state index in [1.165, 1.54) is 0 Å². The Bertz CT molecular complexity index is 975. The molecule has 7 nitrogen and oxygen atoms in total. The second kappa shape index (κ2) is 9.17. The first kappa shape index (κ1) is 22.5. The van der Waals surface area contributed by atoms with Crippen molar-refractivity contribution in [3.8, 4) is 11.5 Å². The Hall–Kier alpha value is -2.74. The third-order valence-corrected chi connectivity index (χ3v) is 5.85. The van der Waals surface area contributed by atoms with Crippen LogP contribution >= 0.6 is 0 Å². The number of carbonyl (C=O) groups excluding carboxylic acids is 1. The van der Waals surface area contributed by atoms with E-state index >= 15 is 0 Å². The van der Waals surface area contributed by atoms with E-state index < -0.39 is 28.0 Å². The molecular weight excluding hydrogens is 392 g/mol. The van der Waals surface area contributed by atoms with Gasteiger partial charge in [0.1, 0.15) is 17.5 Å². The van der Waals surface area contributed by atoms with Gasteiger partial charge < -0.3 is 14.8 Å². The molecule has 0 spiro atoms. The molecule has 8 heteroatoms. The summed E-state index contributed by atoms with van der Waals surface area (Å²) in [6, 6.07) is 11.0. The third kappa shape index (κ3) is 5.41. The number of nitrogens with one attached hydrogen (secondary N) is 1. The largest absolute Gasteiger partial charge is 0.497 e. The van der Waals surface area contributed by atoms with E-state index in [0.717, 1.165) is 21.7 Å². The number of benzene rings is 2. The van der Waals surface area contributed by atoms with Gasteiger partial charge >= 0.3 is 0 Å². The fourth-order valence-corrected chi connectivity index (χ4v) is 4.33. The van der Waals surface area contributed by atoms with Gasteiger partial charge in [0.25, 0.3) is 0 Å². The Labute approximate surface area is 172 Å². The molecule has 2 aromatic carbocycles. The van der Waals surface area contributed by atoms with Crippen LogP contribution in [-0.4, -0.2) is 40.8 Å². The van der Waals surface area contributed by atoms with Gasteiger partial charge in [-0.15, -0.1) is 0 Å². The summed E-state index contributed by atoms with van der Waals surface area (Å²) in [6.45, 7) is 5.24. The maximum absolute atomic E-state index is 12.9. The minimum Gasteiger partial charge on any atom is -0.497 e. The Morgan fingerprint density at radius 1 is 1.07 bits per heavy atom. The second-order valence-corrected chi connectivity index (χ2v) is 8.77. The molecule has 158 valence electrons. The maximum Gasteiger partial charge on any atom is 0.244 e. The second-order valence-electron chi connectivity index (χ2n) is 6.91. The summed E-state index contributed by atoms with van der Waals surface area (Å²) < 4.78 is 36.6. The Balaban J connectivity index is 2.30. The summed E-state index contributed by atoms with van der Waals surface area (Å²) in [4.78, 5) is 12.9. The first-order chi connectivity index (χ1) is 13.6. The van der Waals surface area contributed by atoms with E-state index in [-0.39, 0.29) is 0 Å². The first-order valence-corrected chi connectivity index (χ1v) is 11.0. The van der Waals surface area contributed by atoms with Gasteiger partial charge in [-0.3, -0.25) is 9.10 Å². The molecule has 0 aliphatic rings. The number of sulfonamides is 1. The summed E-state index contributed by atoms with van der Waals surface area (Å²) in [5.41, 5.74) is 2.08. The van der Waals surface area contributed by atoms with Crippen molar-refractivity contribution >= 4 is 21.6 Å². The van der Waals surface area contributed by atoms with E-state index in [1.807, 2.05) is 13.0 Å². The van der Waals surface area contributed by atoms with Gasteiger partial charge in [-0.2, -0.15) is 0 Å². The molecule has 2 aromatic rings. The zero-order valence-corrected chi connectivity index (χ0v) is 18.4. The molecular formula is C21H28N2O5S. The predicted octanol–water partition coefficient (Wildman–Crippen LogP) is 3.04. The van der Waals surface area contributed by atoms with Gasteiger partial charge in [-0.05, 0) is 56.7 Å². The Morgan fingerprint density at radius 3 is 2.31 bits per heavy atom. The highest BCUT2D eigenvalue weighted by molar-refractivity contribution is 7.92. The molecule has 0 aliphatic heterocycles. The van der Waals surface area contributed by atoms with E-state index in [2.05, 4.69) is 5.32 Å². The van der Waals surface area contributed by atoms with Crippen LogP contribution < -0.4 is 19.1 Å². The minimum atomic E-state index is -3.68. The van der Waals surface area contributed by atoms with Crippen LogP contribution in [0.2, 0.25) is 0 Å². The average molecular weight is 421 g/mol. The van der Waals surface area contributed by atoms with Gasteiger partial charge in [0, 0.05) is 5.56 Å². The van der Waals surface area contributed by atoms with Crippen LogP contribution in [0.25, 0.3) is 0 Å². The normalized spacial score (nSPS) is 13.3. The van der Waals surface area contributed by atoms with Crippen LogP contribution in [-0.2, 0) is 14.8 Å². The molecule has 2 rings (SSSR count). The van der Waals surface area contributed by atoms with E-state index in [4.69, 9.17) is 9.47 Å². The number of ether oxygens (including phenoxy) is 2. The average Bonchev–Trinajstić information content (AvgIpc) is 2.66. The zero-order chi connectivity index (χ0) is 21.8. The van der Waals surface area contributed by atoms with Gasteiger partial charge in [0.2, 0.25) is 15.9 Å². The number of amides is 1. The lowest BCUT2D eigenvalue weighted by Gasteiger charge is -2.29. The zero-order valence-electron chi connectivity index (χ0n) is 17.6. The van der Waals surface area contributed by atoms with Gasteiger partial charge in [0.15, 0.2) is 0 Å². The number of nitrogens with zero attached hydrogens (tertiary/aromatic N) is 1. The molecule has 0 bridgehead atoms. The van der Waals surface area contributed by atoms with Crippen LogP contribution in [0.1, 0.15) is 31.0 Å². The van der Waals surface area contributed by atoms with Crippen LogP contribution in [0.4, 0.5) is 5.69 Å². The van der Waals surface area contributed by atoms with Crippen LogP contribution in [0.5, 0.6) is 11.5 Å². The van der Waals surface area contributed by atoms with Crippen LogP contribution in [0, 0.1) is 6.92 Å². The highest BCUT2D eigenvalue weighted by Crippen LogP contribution is 2.29. The molecule has 0 aromatic heterocycles. The molecule has 0 saturated heterocycles. The summed E-state index contributed by atoms with van der Waals surface area (Å²) in [6.07, 6.45) is 1.09. The van der Waals surface area contributed by atoms with Crippen molar-refractivity contribution in [3.05, 3.63) is 53.6 Å². The van der Waals surface area contributed by atoms with Crippen molar-refractivity contribution in [3.63, 3.8) is 0 Å². The lowest BCUT2D eigenvalue weighted by Crippen LogP contribution is -2.48. The monoisotopic (exact) mass is 420 g/mol. The van der Waals surface area contributed by atoms with Gasteiger partial charge in [-0.1, -0.05) is 12.1 Å². The van der Waals surface area contributed by atoms with Crippen LogP contribution in [0.15, 0.2) is 42.5 Å². The van der Waals surface area contributed by atoms with Gasteiger partial charge in [-0.25, -0.2) is 8.42 Å². The number of carbonyl (C=O) groups is 1. The quantitative estimate of drug-likeness (QED) is 0.710. The molecule has 1 amide bonds. The fraction of sp³-hybridized carbons (Fsp3) is 0.381. The van der Waals surface area contributed by atoms with Crippen molar-refractivity contribution in [2.24, 2.45) is 0 Å². The topological polar surface area (TPSA) is 84.9 Å². The fourth-order valence-electron chi connectivity index (χ4n) is 3.16. The molecule has 0 radical (unpaired) electrons. The number of anilines is 1. The first-order valence-electron chi connectivity index (χ1n) is 9.16. The maximum atomic E-state index is 12.9. The lowest BCUT2D eigenvalue weighted by molar-refractivity contribution is -0.122. The van der Waals surface area contributed by atoms with Crippen molar-refractivity contribution < 1.29 is 22.7 Å². The van der Waals surface area contributed by atoms with Crippen molar-refractivity contribution in [1.29, 1.82) is 0 Å². The summed E-state index contributed by atoms with van der Waals surface area (Å²) in [5.74, 6) is 0.812. The standard InChI is InChI=1S/C21H28N2O5S/c1-14-8-7-9-17(12-14)23(29(6,25)26)16(3)21(24)22-15(2)19-13-18(27-4)10-11-20(19)28-5/h7-13,15-16H,1-6H3,(H,22,24)/t15-,16+/m1/s1. The third-order valence-electron chi connectivity index (χ3n) is 4.61. The molecule has 0 fully saturated rings. The predicted molar refractivity (Wildman–Crippen MR) is 114 cm³/mol. The number of hydrogen-bond donors (Lipinski definition) is 1. The number of aryl methyl sites for hydroxylation is 1. The summed E-state index contributed by atoms with van der Waals surface area (Å²) in [5, 5.41) is 2.88. The summed E-state index contributed by atoms with van der Waals surface area (Å²) >= 11 is 0.